The highest BCUT2D eigenvalue weighted by Crippen LogP contribution is 2.30. The Morgan fingerprint density at radius 2 is 1.96 bits per heavy atom. The summed E-state index contributed by atoms with van der Waals surface area (Å²) in [5.74, 6) is -0.0441. The summed E-state index contributed by atoms with van der Waals surface area (Å²) in [6, 6.07) is 5.61. The van der Waals surface area contributed by atoms with Crippen LogP contribution in [0.2, 0.25) is 0 Å². The van der Waals surface area contributed by atoms with E-state index in [1.807, 2.05) is 0 Å². The molecule has 1 aromatic heterocycles. The number of amides is 1. The molecule has 140 valence electrons. The predicted molar refractivity (Wildman–Crippen MR) is 91.8 cm³/mol. The first kappa shape index (κ1) is 18.4. The predicted octanol–water partition coefficient (Wildman–Crippen LogP) is 4.89. The van der Waals surface area contributed by atoms with Crippen LogP contribution in [-0.4, -0.2) is 23.8 Å². The lowest BCUT2D eigenvalue weighted by Gasteiger charge is -2.21. The Bertz CT molecular complexity index is 749. The quantitative estimate of drug-likeness (QED) is 0.792. The van der Waals surface area contributed by atoms with Gasteiger partial charge in [-0.3, -0.25) is 4.79 Å². The standard InChI is InChI=1S/C19H21F3N2O2/c20-19(21,22)26-15-8-4-7-14(9-15)16-11-23-12-17(16)18(25)24-10-13-5-2-1-3-6-13/h4,7-9,11-13,23H,1-3,5-6,10H2,(H,24,25). The van der Waals surface area contributed by atoms with Crippen molar-refractivity contribution < 1.29 is 22.7 Å². The SMILES string of the molecule is O=C(NCC1CCCCC1)c1c[nH]cc1-c1cccc(OC(F)(F)F)c1. The van der Waals surface area contributed by atoms with Gasteiger partial charge < -0.3 is 15.0 Å². The molecule has 2 aromatic rings. The average molecular weight is 366 g/mol. The molecule has 0 spiro atoms. The van der Waals surface area contributed by atoms with E-state index in [0.29, 0.717) is 29.2 Å². The topological polar surface area (TPSA) is 54.1 Å². The monoisotopic (exact) mass is 366 g/mol. The van der Waals surface area contributed by atoms with Crippen LogP contribution in [0.1, 0.15) is 42.5 Å². The van der Waals surface area contributed by atoms with Gasteiger partial charge in [-0.25, -0.2) is 0 Å². The van der Waals surface area contributed by atoms with Gasteiger partial charge in [0.1, 0.15) is 5.75 Å². The van der Waals surface area contributed by atoms with Crippen LogP contribution in [0.5, 0.6) is 5.75 Å². The van der Waals surface area contributed by atoms with Crippen molar-refractivity contribution >= 4 is 5.91 Å². The summed E-state index contributed by atoms with van der Waals surface area (Å²) in [6.07, 6.45) is 4.29. The van der Waals surface area contributed by atoms with E-state index in [9.17, 15) is 18.0 Å². The molecule has 1 aromatic carbocycles. The van der Waals surface area contributed by atoms with Crippen LogP contribution in [0.15, 0.2) is 36.7 Å². The maximum Gasteiger partial charge on any atom is 0.573 e. The maximum absolute atomic E-state index is 12.5. The van der Waals surface area contributed by atoms with Crippen LogP contribution in [0.25, 0.3) is 11.1 Å². The zero-order chi connectivity index (χ0) is 18.6. The molecule has 2 N–H and O–H groups in total. The lowest BCUT2D eigenvalue weighted by Crippen LogP contribution is -2.30. The van der Waals surface area contributed by atoms with Gasteiger partial charge in [0.25, 0.3) is 5.91 Å². The van der Waals surface area contributed by atoms with Crippen molar-refractivity contribution in [2.24, 2.45) is 5.92 Å². The average Bonchev–Trinajstić information content (AvgIpc) is 3.09. The number of rotatable bonds is 5. The third-order valence-corrected chi connectivity index (χ3v) is 4.64. The van der Waals surface area contributed by atoms with Crippen LogP contribution < -0.4 is 10.1 Å². The first-order chi connectivity index (χ1) is 12.4. The lowest BCUT2D eigenvalue weighted by molar-refractivity contribution is -0.274. The number of carbonyl (C=O) groups is 1. The number of hydrogen-bond donors (Lipinski definition) is 2. The summed E-state index contributed by atoms with van der Waals surface area (Å²) in [5, 5.41) is 2.95. The number of hydrogen-bond acceptors (Lipinski definition) is 2. The highest BCUT2D eigenvalue weighted by atomic mass is 19.4. The number of halogens is 3. The summed E-state index contributed by atoms with van der Waals surface area (Å²) in [6.45, 7) is 0.626. The third kappa shape index (κ3) is 4.80. The third-order valence-electron chi connectivity index (χ3n) is 4.64. The van der Waals surface area contributed by atoms with Crippen molar-refractivity contribution in [1.82, 2.24) is 10.3 Å². The van der Waals surface area contributed by atoms with Gasteiger partial charge in [0.05, 0.1) is 5.56 Å². The number of H-pyrrole nitrogens is 1. The molecule has 0 radical (unpaired) electrons. The Labute approximate surface area is 149 Å². The molecule has 1 aliphatic carbocycles. The molecule has 4 nitrogen and oxygen atoms in total. The van der Waals surface area contributed by atoms with Gasteiger partial charge in [-0.15, -0.1) is 13.2 Å². The smallest absolute Gasteiger partial charge is 0.406 e. The van der Waals surface area contributed by atoms with E-state index in [2.05, 4.69) is 15.0 Å². The van der Waals surface area contributed by atoms with E-state index < -0.39 is 6.36 Å². The zero-order valence-electron chi connectivity index (χ0n) is 14.2. The summed E-state index contributed by atoms with van der Waals surface area (Å²) in [7, 11) is 0. The fraction of sp³-hybridized carbons (Fsp3) is 0.421. The highest BCUT2D eigenvalue weighted by Gasteiger charge is 2.31. The van der Waals surface area contributed by atoms with Gasteiger partial charge in [0.2, 0.25) is 0 Å². The Morgan fingerprint density at radius 3 is 2.69 bits per heavy atom. The van der Waals surface area contributed by atoms with Gasteiger partial charge >= 0.3 is 6.36 Å². The number of carbonyl (C=O) groups excluding carboxylic acids is 1. The summed E-state index contributed by atoms with van der Waals surface area (Å²) in [4.78, 5) is 15.4. The Balaban J connectivity index is 1.71. The molecular weight excluding hydrogens is 345 g/mol. The maximum atomic E-state index is 12.5. The minimum Gasteiger partial charge on any atom is -0.406 e. The van der Waals surface area contributed by atoms with Crippen LogP contribution in [0.3, 0.4) is 0 Å². The summed E-state index contributed by atoms with van der Waals surface area (Å²) in [5.41, 5.74) is 1.43. The van der Waals surface area contributed by atoms with Crippen LogP contribution in [0.4, 0.5) is 13.2 Å². The zero-order valence-corrected chi connectivity index (χ0v) is 14.2. The first-order valence-corrected chi connectivity index (χ1v) is 8.73. The van der Waals surface area contributed by atoms with Crippen molar-refractivity contribution in [3.63, 3.8) is 0 Å². The minimum absolute atomic E-state index is 0.228. The second kappa shape index (κ2) is 7.85. The largest absolute Gasteiger partial charge is 0.573 e. The highest BCUT2D eigenvalue weighted by molar-refractivity contribution is 6.00. The molecule has 0 saturated heterocycles. The number of aromatic nitrogens is 1. The molecule has 7 heteroatoms. The molecule has 0 bridgehead atoms. The molecular formula is C19H21F3N2O2. The second-order valence-electron chi connectivity index (χ2n) is 6.57. The Kier molecular flexibility index (Phi) is 5.54. The molecule has 1 heterocycles. The Morgan fingerprint density at radius 1 is 1.19 bits per heavy atom. The van der Waals surface area contributed by atoms with Crippen LogP contribution in [-0.2, 0) is 0 Å². The molecule has 0 atom stereocenters. The molecule has 0 aliphatic heterocycles. The van der Waals surface area contributed by atoms with E-state index in [4.69, 9.17) is 0 Å². The van der Waals surface area contributed by atoms with Crippen molar-refractivity contribution in [3.8, 4) is 16.9 Å². The van der Waals surface area contributed by atoms with Crippen molar-refractivity contribution in [2.75, 3.05) is 6.54 Å². The number of benzene rings is 1. The lowest BCUT2D eigenvalue weighted by atomic mass is 9.89. The first-order valence-electron chi connectivity index (χ1n) is 8.73. The van der Waals surface area contributed by atoms with Gasteiger partial charge in [0.15, 0.2) is 0 Å². The van der Waals surface area contributed by atoms with Crippen molar-refractivity contribution in [1.29, 1.82) is 0 Å². The molecule has 0 unspecified atom stereocenters. The molecule has 1 amide bonds. The second-order valence-corrected chi connectivity index (χ2v) is 6.57. The number of alkyl halides is 3. The summed E-state index contributed by atoms with van der Waals surface area (Å²) < 4.78 is 41.2. The van der Waals surface area contributed by atoms with E-state index in [1.54, 1.807) is 18.5 Å². The van der Waals surface area contributed by atoms with Crippen molar-refractivity contribution in [2.45, 2.75) is 38.5 Å². The van der Waals surface area contributed by atoms with Crippen molar-refractivity contribution in [3.05, 3.63) is 42.2 Å². The number of ether oxygens (including phenoxy) is 1. The van der Waals surface area contributed by atoms with Crippen LogP contribution >= 0.6 is 0 Å². The molecule has 26 heavy (non-hydrogen) atoms. The van der Waals surface area contributed by atoms with E-state index in [-0.39, 0.29) is 11.7 Å². The molecule has 1 fully saturated rings. The van der Waals surface area contributed by atoms with Crippen LogP contribution in [0, 0.1) is 5.92 Å². The minimum atomic E-state index is -4.75. The van der Waals surface area contributed by atoms with E-state index in [0.717, 1.165) is 12.8 Å². The fourth-order valence-electron chi connectivity index (χ4n) is 3.37. The normalized spacial score (nSPS) is 15.7. The van der Waals surface area contributed by atoms with Gasteiger partial charge in [-0.1, -0.05) is 31.4 Å². The van der Waals surface area contributed by atoms with Gasteiger partial charge in [-0.05, 0) is 36.5 Å². The molecule has 3 rings (SSSR count). The molecule has 1 saturated carbocycles. The van der Waals surface area contributed by atoms with Gasteiger partial charge in [-0.2, -0.15) is 0 Å². The van der Waals surface area contributed by atoms with E-state index in [1.165, 1.54) is 37.5 Å². The van der Waals surface area contributed by atoms with E-state index >= 15 is 0 Å². The number of nitrogens with one attached hydrogen (secondary N) is 2. The fourth-order valence-corrected chi connectivity index (χ4v) is 3.37. The van der Waals surface area contributed by atoms with Gasteiger partial charge in [0, 0.05) is 24.5 Å². The summed E-state index contributed by atoms with van der Waals surface area (Å²) >= 11 is 0. The number of aromatic amines is 1. The Hall–Kier alpha value is -2.44. The molecule has 1 aliphatic rings.